The number of nitrogens with two attached hydrogens (primary N) is 1. The number of rotatable bonds is 4. The standard InChI is InChI=1S/C15H20N4O2/c1-20-14-4-2-13(3-5-14)19-15(16)10-12(17-19)11-18-6-8-21-9-7-18/h2-5,10H,6-9,11,16H2,1H3. The molecule has 0 spiro atoms. The molecular weight excluding hydrogens is 268 g/mol. The molecule has 0 unspecified atom stereocenters. The number of aromatic nitrogens is 2. The molecule has 2 aromatic rings. The highest BCUT2D eigenvalue weighted by atomic mass is 16.5. The van der Waals surface area contributed by atoms with Crippen LogP contribution in [0.15, 0.2) is 30.3 Å². The van der Waals surface area contributed by atoms with Crippen LogP contribution in [0, 0.1) is 0 Å². The number of anilines is 1. The molecule has 3 rings (SSSR count). The van der Waals surface area contributed by atoms with Crippen LogP contribution in [0.4, 0.5) is 5.82 Å². The number of nitrogen functional groups attached to an aromatic ring is 1. The third-order valence-corrected chi connectivity index (χ3v) is 3.59. The minimum atomic E-state index is 0.642. The van der Waals surface area contributed by atoms with Crippen LogP contribution in [0.25, 0.3) is 5.69 Å². The number of nitrogens with zero attached hydrogens (tertiary/aromatic N) is 3. The summed E-state index contributed by atoms with van der Waals surface area (Å²) in [4.78, 5) is 2.32. The van der Waals surface area contributed by atoms with Crippen molar-refractivity contribution in [3.63, 3.8) is 0 Å². The van der Waals surface area contributed by atoms with Crippen molar-refractivity contribution in [1.82, 2.24) is 14.7 Å². The lowest BCUT2D eigenvalue weighted by molar-refractivity contribution is 0.0336. The first-order chi connectivity index (χ1) is 10.3. The van der Waals surface area contributed by atoms with Crippen LogP contribution in [0.1, 0.15) is 5.69 Å². The fourth-order valence-corrected chi connectivity index (χ4v) is 2.44. The SMILES string of the molecule is COc1ccc(-n2nc(CN3CCOCC3)cc2N)cc1. The fraction of sp³-hybridized carbons (Fsp3) is 0.400. The van der Waals surface area contributed by atoms with E-state index in [-0.39, 0.29) is 0 Å². The predicted molar refractivity (Wildman–Crippen MR) is 80.6 cm³/mol. The van der Waals surface area contributed by atoms with Crippen LogP contribution in [-0.4, -0.2) is 48.1 Å². The van der Waals surface area contributed by atoms with E-state index in [4.69, 9.17) is 15.2 Å². The average Bonchev–Trinajstić information content (AvgIpc) is 2.89. The summed E-state index contributed by atoms with van der Waals surface area (Å²) in [6, 6.07) is 9.62. The summed E-state index contributed by atoms with van der Waals surface area (Å²) in [5.74, 6) is 1.46. The first-order valence-electron chi connectivity index (χ1n) is 7.05. The number of hydrogen-bond donors (Lipinski definition) is 1. The molecule has 0 saturated carbocycles. The molecule has 0 atom stereocenters. The van der Waals surface area contributed by atoms with Gasteiger partial charge in [0.05, 0.1) is 31.7 Å². The molecule has 6 nitrogen and oxygen atoms in total. The second kappa shape index (κ2) is 6.15. The van der Waals surface area contributed by atoms with Crippen molar-refractivity contribution >= 4 is 5.82 Å². The van der Waals surface area contributed by atoms with Gasteiger partial charge in [-0.2, -0.15) is 5.10 Å². The second-order valence-electron chi connectivity index (χ2n) is 5.06. The molecule has 21 heavy (non-hydrogen) atoms. The van der Waals surface area contributed by atoms with Crippen LogP contribution in [-0.2, 0) is 11.3 Å². The van der Waals surface area contributed by atoms with E-state index in [1.165, 1.54) is 0 Å². The summed E-state index contributed by atoms with van der Waals surface area (Å²) >= 11 is 0. The van der Waals surface area contributed by atoms with Crippen molar-refractivity contribution in [2.45, 2.75) is 6.54 Å². The Morgan fingerprint density at radius 3 is 2.62 bits per heavy atom. The van der Waals surface area contributed by atoms with Crippen molar-refractivity contribution in [3.05, 3.63) is 36.0 Å². The van der Waals surface area contributed by atoms with Gasteiger partial charge in [-0.25, -0.2) is 4.68 Å². The highest BCUT2D eigenvalue weighted by molar-refractivity contribution is 5.44. The molecule has 2 N–H and O–H groups in total. The third-order valence-electron chi connectivity index (χ3n) is 3.59. The maximum Gasteiger partial charge on any atom is 0.127 e. The van der Waals surface area contributed by atoms with Crippen molar-refractivity contribution in [2.24, 2.45) is 0 Å². The van der Waals surface area contributed by atoms with Crippen LogP contribution in [0.3, 0.4) is 0 Å². The average molecular weight is 288 g/mol. The van der Waals surface area contributed by atoms with Crippen LogP contribution in [0.2, 0.25) is 0 Å². The van der Waals surface area contributed by atoms with E-state index < -0.39 is 0 Å². The van der Waals surface area contributed by atoms with E-state index in [1.807, 2.05) is 30.3 Å². The highest BCUT2D eigenvalue weighted by Crippen LogP contribution is 2.19. The number of benzene rings is 1. The third kappa shape index (κ3) is 3.17. The first-order valence-corrected chi connectivity index (χ1v) is 7.05. The van der Waals surface area contributed by atoms with E-state index in [0.717, 1.165) is 50.0 Å². The zero-order valence-corrected chi connectivity index (χ0v) is 12.2. The Labute approximate surface area is 124 Å². The Balaban J connectivity index is 1.76. The Bertz CT molecular complexity index is 588. The largest absolute Gasteiger partial charge is 0.497 e. The monoisotopic (exact) mass is 288 g/mol. The van der Waals surface area contributed by atoms with Gasteiger partial charge in [-0.1, -0.05) is 0 Å². The molecule has 0 aliphatic carbocycles. The Morgan fingerprint density at radius 2 is 1.95 bits per heavy atom. The highest BCUT2D eigenvalue weighted by Gasteiger charge is 2.14. The van der Waals surface area contributed by atoms with Crippen molar-refractivity contribution in [2.75, 3.05) is 39.1 Å². The summed E-state index contributed by atoms with van der Waals surface area (Å²) in [7, 11) is 1.65. The lowest BCUT2D eigenvalue weighted by Crippen LogP contribution is -2.35. The van der Waals surface area contributed by atoms with Gasteiger partial charge in [0, 0.05) is 25.7 Å². The fourth-order valence-electron chi connectivity index (χ4n) is 2.44. The maximum atomic E-state index is 6.08. The molecule has 1 aliphatic rings. The Morgan fingerprint density at radius 1 is 1.24 bits per heavy atom. The molecule has 0 radical (unpaired) electrons. The van der Waals surface area contributed by atoms with Crippen molar-refractivity contribution < 1.29 is 9.47 Å². The second-order valence-corrected chi connectivity index (χ2v) is 5.06. The normalized spacial score (nSPS) is 16.0. The summed E-state index contributed by atoms with van der Waals surface area (Å²) in [5.41, 5.74) is 7.98. The summed E-state index contributed by atoms with van der Waals surface area (Å²) in [5, 5.41) is 4.60. The molecule has 6 heteroatoms. The lowest BCUT2D eigenvalue weighted by atomic mass is 10.3. The molecule has 1 aromatic heterocycles. The molecule has 2 heterocycles. The lowest BCUT2D eigenvalue weighted by Gasteiger charge is -2.25. The number of ether oxygens (including phenoxy) is 2. The van der Waals surface area contributed by atoms with E-state index in [1.54, 1.807) is 11.8 Å². The number of morpholine rings is 1. The van der Waals surface area contributed by atoms with E-state index in [9.17, 15) is 0 Å². The zero-order valence-electron chi connectivity index (χ0n) is 12.2. The van der Waals surface area contributed by atoms with Gasteiger partial charge in [0.15, 0.2) is 0 Å². The van der Waals surface area contributed by atoms with Gasteiger partial charge in [-0.05, 0) is 24.3 Å². The summed E-state index contributed by atoms with van der Waals surface area (Å²) in [6.45, 7) is 4.25. The van der Waals surface area contributed by atoms with Crippen LogP contribution in [0.5, 0.6) is 5.75 Å². The summed E-state index contributed by atoms with van der Waals surface area (Å²) < 4.78 is 12.3. The maximum absolute atomic E-state index is 6.08. The van der Waals surface area contributed by atoms with Gasteiger partial charge in [-0.15, -0.1) is 0 Å². The Kier molecular flexibility index (Phi) is 4.08. The van der Waals surface area contributed by atoms with E-state index in [0.29, 0.717) is 5.82 Å². The van der Waals surface area contributed by atoms with Gasteiger partial charge in [0.25, 0.3) is 0 Å². The van der Waals surface area contributed by atoms with Gasteiger partial charge in [0.2, 0.25) is 0 Å². The molecule has 1 saturated heterocycles. The molecule has 1 fully saturated rings. The molecule has 112 valence electrons. The van der Waals surface area contributed by atoms with E-state index in [2.05, 4.69) is 10.00 Å². The summed E-state index contributed by atoms with van der Waals surface area (Å²) in [6.07, 6.45) is 0. The van der Waals surface area contributed by atoms with Gasteiger partial charge >= 0.3 is 0 Å². The molecular formula is C15H20N4O2. The minimum absolute atomic E-state index is 0.642. The molecule has 0 amide bonds. The van der Waals surface area contributed by atoms with Gasteiger partial charge in [-0.3, -0.25) is 4.90 Å². The predicted octanol–water partition coefficient (Wildman–Crippen LogP) is 1.30. The van der Waals surface area contributed by atoms with Gasteiger partial charge < -0.3 is 15.2 Å². The molecule has 0 bridgehead atoms. The topological polar surface area (TPSA) is 65.5 Å². The van der Waals surface area contributed by atoms with Crippen LogP contribution < -0.4 is 10.5 Å². The quantitative estimate of drug-likeness (QED) is 0.918. The van der Waals surface area contributed by atoms with Gasteiger partial charge in [0.1, 0.15) is 11.6 Å². The van der Waals surface area contributed by atoms with Crippen molar-refractivity contribution in [1.29, 1.82) is 0 Å². The van der Waals surface area contributed by atoms with Crippen LogP contribution >= 0.6 is 0 Å². The zero-order chi connectivity index (χ0) is 14.7. The molecule has 1 aliphatic heterocycles. The number of hydrogen-bond acceptors (Lipinski definition) is 5. The first kappa shape index (κ1) is 13.9. The minimum Gasteiger partial charge on any atom is -0.497 e. The number of methoxy groups -OCH3 is 1. The smallest absolute Gasteiger partial charge is 0.127 e. The van der Waals surface area contributed by atoms with E-state index >= 15 is 0 Å². The van der Waals surface area contributed by atoms with Crippen molar-refractivity contribution in [3.8, 4) is 11.4 Å². The Hall–Kier alpha value is -2.05. The molecule has 1 aromatic carbocycles.